The molecule has 0 aliphatic carbocycles. The average Bonchev–Trinajstić information content (AvgIpc) is 3.27. The van der Waals surface area contributed by atoms with E-state index in [2.05, 4.69) is 37.6 Å². The van der Waals surface area contributed by atoms with Crippen LogP contribution in [0.4, 0.5) is 0 Å². The Bertz CT molecular complexity index is 807. The fourth-order valence-electron chi connectivity index (χ4n) is 2.15. The van der Waals surface area contributed by atoms with Gasteiger partial charge in [0.15, 0.2) is 11.8 Å². The summed E-state index contributed by atoms with van der Waals surface area (Å²) in [6, 6.07) is 5.84. The molecule has 3 aromatic rings. The first-order valence-corrected chi connectivity index (χ1v) is 8.37. The molecule has 0 atom stereocenters. The molecule has 0 aliphatic rings. The molecule has 0 bridgehead atoms. The summed E-state index contributed by atoms with van der Waals surface area (Å²) in [5.74, 6) is 1.53. The van der Waals surface area contributed by atoms with E-state index in [1.54, 1.807) is 35.5 Å². The van der Waals surface area contributed by atoms with Gasteiger partial charge in [-0.1, -0.05) is 0 Å². The van der Waals surface area contributed by atoms with Crippen LogP contribution in [0.1, 0.15) is 15.4 Å². The van der Waals surface area contributed by atoms with Gasteiger partial charge in [-0.15, -0.1) is 11.3 Å². The summed E-state index contributed by atoms with van der Waals surface area (Å²) in [5, 5.41) is 11.8. The van der Waals surface area contributed by atoms with Crippen LogP contribution in [0.2, 0.25) is 0 Å². The molecule has 0 saturated heterocycles. The highest BCUT2D eigenvalue weighted by Gasteiger charge is 2.03. The van der Waals surface area contributed by atoms with E-state index >= 15 is 0 Å². The van der Waals surface area contributed by atoms with Crippen LogP contribution in [-0.4, -0.2) is 32.8 Å². The molecule has 8 heteroatoms. The zero-order valence-electron chi connectivity index (χ0n) is 13.6. The van der Waals surface area contributed by atoms with Crippen molar-refractivity contribution in [1.82, 2.24) is 30.4 Å². The first kappa shape index (κ1) is 16.1. The van der Waals surface area contributed by atoms with E-state index in [0.717, 1.165) is 22.3 Å². The molecular weight excluding hydrogens is 322 g/mol. The van der Waals surface area contributed by atoms with Gasteiger partial charge in [-0.2, -0.15) is 5.10 Å². The Morgan fingerprint density at radius 3 is 2.83 bits per heavy atom. The number of pyridine rings is 1. The van der Waals surface area contributed by atoms with Crippen molar-refractivity contribution in [3.8, 4) is 5.82 Å². The first-order chi connectivity index (χ1) is 11.7. The summed E-state index contributed by atoms with van der Waals surface area (Å²) < 4.78 is 1.74. The van der Waals surface area contributed by atoms with E-state index in [1.165, 1.54) is 4.88 Å². The molecule has 0 amide bonds. The molecule has 0 unspecified atom stereocenters. The second kappa shape index (κ2) is 7.69. The van der Waals surface area contributed by atoms with Crippen molar-refractivity contribution in [2.75, 3.05) is 7.05 Å². The lowest BCUT2D eigenvalue weighted by Gasteiger charge is -2.11. The lowest BCUT2D eigenvalue weighted by molar-refractivity contribution is 0.797. The van der Waals surface area contributed by atoms with Crippen LogP contribution in [0, 0.1) is 6.92 Å². The van der Waals surface area contributed by atoms with Crippen molar-refractivity contribution in [2.24, 2.45) is 4.99 Å². The third-order valence-electron chi connectivity index (χ3n) is 3.31. The lowest BCUT2D eigenvalue weighted by atomic mass is 10.2. The van der Waals surface area contributed by atoms with E-state index in [9.17, 15) is 0 Å². The number of rotatable bonds is 5. The number of aliphatic imine (C=N–C) groups is 1. The molecule has 7 nitrogen and oxygen atoms in total. The number of nitrogens with one attached hydrogen (secondary N) is 2. The average molecular weight is 341 g/mol. The predicted molar refractivity (Wildman–Crippen MR) is 95.2 cm³/mol. The van der Waals surface area contributed by atoms with E-state index in [-0.39, 0.29) is 0 Å². The molecular formula is C16H19N7S. The Morgan fingerprint density at radius 2 is 2.12 bits per heavy atom. The van der Waals surface area contributed by atoms with Crippen molar-refractivity contribution in [3.63, 3.8) is 0 Å². The Balaban J connectivity index is 1.56. The van der Waals surface area contributed by atoms with Gasteiger partial charge in [0.1, 0.15) is 5.01 Å². The van der Waals surface area contributed by atoms with Gasteiger partial charge >= 0.3 is 0 Å². The minimum atomic E-state index is 0.646. The molecule has 0 saturated carbocycles. The number of hydrogen-bond donors (Lipinski definition) is 2. The standard InChI is InChI=1S/C16H19N7S/c1-12-9-19-15(24-12)11-21-16(17-2)20-10-13-4-6-18-14(8-13)23-7-3-5-22-23/h3-9H,10-11H2,1-2H3,(H2,17,20,21). The topological polar surface area (TPSA) is 80.0 Å². The molecule has 3 rings (SSSR count). The third kappa shape index (κ3) is 4.17. The first-order valence-electron chi connectivity index (χ1n) is 7.55. The highest BCUT2D eigenvalue weighted by Crippen LogP contribution is 2.10. The van der Waals surface area contributed by atoms with E-state index in [1.807, 2.05) is 30.6 Å². The van der Waals surface area contributed by atoms with Gasteiger partial charge in [-0.05, 0) is 30.7 Å². The van der Waals surface area contributed by atoms with E-state index in [0.29, 0.717) is 13.1 Å². The van der Waals surface area contributed by atoms with Gasteiger partial charge < -0.3 is 10.6 Å². The largest absolute Gasteiger partial charge is 0.352 e. The fraction of sp³-hybridized carbons (Fsp3) is 0.250. The van der Waals surface area contributed by atoms with Crippen LogP contribution < -0.4 is 10.6 Å². The number of aromatic nitrogens is 4. The molecule has 2 N–H and O–H groups in total. The van der Waals surface area contributed by atoms with Crippen LogP contribution in [-0.2, 0) is 13.1 Å². The normalized spacial score (nSPS) is 11.5. The zero-order valence-corrected chi connectivity index (χ0v) is 14.4. The second-order valence-electron chi connectivity index (χ2n) is 5.12. The molecule has 3 heterocycles. The van der Waals surface area contributed by atoms with Gasteiger partial charge in [0.05, 0.1) is 6.54 Å². The van der Waals surface area contributed by atoms with Crippen LogP contribution in [0.25, 0.3) is 5.82 Å². The molecule has 3 aromatic heterocycles. The Morgan fingerprint density at radius 1 is 1.25 bits per heavy atom. The molecule has 0 radical (unpaired) electrons. The smallest absolute Gasteiger partial charge is 0.191 e. The van der Waals surface area contributed by atoms with Crippen molar-refractivity contribution in [2.45, 2.75) is 20.0 Å². The minimum Gasteiger partial charge on any atom is -0.352 e. The van der Waals surface area contributed by atoms with Crippen LogP contribution >= 0.6 is 11.3 Å². The summed E-state index contributed by atoms with van der Waals surface area (Å²) in [6.07, 6.45) is 7.27. The predicted octanol–water partition coefficient (Wildman–Crippen LogP) is 1.90. The highest BCUT2D eigenvalue weighted by atomic mass is 32.1. The molecule has 124 valence electrons. The lowest BCUT2D eigenvalue weighted by Crippen LogP contribution is -2.36. The minimum absolute atomic E-state index is 0.646. The summed E-state index contributed by atoms with van der Waals surface area (Å²) in [7, 11) is 1.75. The third-order valence-corrected chi connectivity index (χ3v) is 4.22. The summed E-state index contributed by atoms with van der Waals surface area (Å²) in [5.41, 5.74) is 1.10. The second-order valence-corrected chi connectivity index (χ2v) is 6.44. The molecule has 24 heavy (non-hydrogen) atoms. The molecule has 0 fully saturated rings. The number of nitrogens with zero attached hydrogens (tertiary/aromatic N) is 5. The van der Waals surface area contributed by atoms with Gasteiger partial charge in [0, 0.05) is 43.3 Å². The summed E-state index contributed by atoms with van der Waals surface area (Å²) >= 11 is 1.68. The number of hydrogen-bond acceptors (Lipinski definition) is 5. The monoisotopic (exact) mass is 341 g/mol. The quantitative estimate of drug-likeness (QED) is 0.547. The number of thiazole rings is 1. The fourth-order valence-corrected chi connectivity index (χ4v) is 2.88. The van der Waals surface area contributed by atoms with Gasteiger partial charge in [-0.25, -0.2) is 14.6 Å². The molecule has 0 aliphatic heterocycles. The van der Waals surface area contributed by atoms with Crippen molar-refractivity contribution in [3.05, 3.63) is 58.4 Å². The van der Waals surface area contributed by atoms with E-state index < -0.39 is 0 Å². The molecule has 0 spiro atoms. The van der Waals surface area contributed by atoms with Gasteiger partial charge in [0.2, 0.25) is 0 Å². The zero-order chi connectivity index (χ0) is 16.8. The SMILES string of the molecule is CN=C(NCc1ccnc(-n2cccn2)c1)NCc1ncc(C)s1. The Kier molecular flexibility index (Phi) is 5.17. The Hall–Kier alpha value is -2.74. The van der Waals surface area contributed by atoms with Crippen LogP contribution in [0.3, 0.4) is 0 Å². The molecule has 0 aromatic carbocycles. The van der Waals surface area contributed by atoms with Crippen LogP contribution in [0.5, 0.6) is 0 Å². The van der Waals surface area contributed by atoms with Crippen LogP contribution in [0.15, 0.2) is 48.0 Å². The van der Waals surface area contributed by atoms with Gasteiger partial charge in [0.25, 0.3) is 0 Å². The number of aryl methyl sites for hydroxylation is 1. The number of guanidine groups is 1. The maximum absolute atomic E-state index is 4.34. The maximum atomic E-state index is 4.34. The summed E-state index contributed by atoms with van der Waals surface area (Å²) in [4.78, 5) is 14.1. The van der Waals surface area contributed by atoms with Crippen molar-refractivity contribution < 1.29 is 0 Å². The van der Waals surface area contributed by atoms with Crippen molar-refractivity contribution >= 4 is 17.3 Å². The van der Waals surface area contributed by atoms with E-state index in [4.69, 9.17) is 0 Å². The summed E-state index contributed by atoms with van der Waals surface area (Å²) in [6.45, 7) is 3.36. The van der Waals surface area contributed by atoms with Gasteiger partial charge in [-0.3, -0.25) is 4.99 Å². The Labute approximate surface area is 144 Å². The highest BCUT2D eigenvalue weighted by molar-refractivity contribution is 7.11. The maximum Gasteiger partial charge on any atom is 0.191 e. The van der Waals surface area contributed by atoms with Crippen molar-refractivity contribution in [1.29, 1.82) is 0 Å².